The lowest BCUT2D eigenvalue weighted by molar-refractivity contribution is -0.142. The Kier molecular flexibility index (Phi) is 17.0. The number of carbonyl (C=O) groups is 4. The van der Waals surface area contributed by atoms with E-state index in [9.17, 15) is 32.7 Å². The zero-order valence-corrected chi connectivity index (χ0v) is 27.0. The maximum Gasteiger partial charge on any atom is 0.326 e. The Morgan fingerprint density at radius 3 is 2.28 bits per heavy atom. The second kappa shape index (κ2) is 19.3. The van der Waals surface area contributed by atoms with Gasteiger partial charge in [-0.05, 0) is 76.0 Å². The van der Waals surface area contributed by atoms with Gasteiger partial charge in [0.15, 0.2) is 0 Å². The molecule has 1 aliphatic carbocycles. The number of rotatable bonds is 17. The third-order valence-electron chi connectivity index (χ3n) is 7.41. The number of carbonyl (C=O) groups excluding carboxylic acids is 3. The van der Waals surface area contributed by atoms with E-state index in [0.29, 0.717) is 19.3 Å². The van der Waals surface area contributed by atoms with Crippen LogP contribution in [-0.4, -0.2) is 74.7 Å². The monoisotopic (exact) mass is 625 g/mol. The number of primary amides is 1. The molecular formula is C30H51N5O7S. The molecule has 0 heterocycles. The van der Waals surface area contributed by atoms with Gasteiger partial charge in [0, 0.05) is 6.54 Å². The third kappa shape index (κ3) is 13.9. The molecule has 0 aliphatic heterocycles. The number of nitrogens with one attached hydrogen (secondary N) is 4. The first-order valence-corrected chi connectivity index (χ1v) is 16.7. The van der Waals surface area contributed by atoms with Gasteiger partial charge in [0.05, 0.1) is 17.7 Å². The highest BCUT2D eigenvalue weighted by molar-refractivity contribution is 7.89. The fourth-order valence-electron chi connectivity index (χ4n) is 4.62. The van der Waals surface area contributed by atoms with E-state index in [2.05, 4.69) is 26.7 Å². The van der Waals surface area contributed by atoms with E-state index in [1.807, 2.05) is 25.1 Å². The minimum atomic E-state index is -3.30. The highest BCUT2D eigenvalue weighted by Crippen LogP contribution is 2.30. The number of carboxylic acids is 1. The van der Waals surface area contributed by atoms with Crippen molar-refractivity contribution in [2.24, 2.45) is 11.7 Å². The largest absolute Gasteiger partial charge is 0.480 e. The van der Waals surface area contributed by atoms with Crippen molar-refractivity contribution in [2.75, 3.05) is 19.3 Å². The van der Waals surface area contributed by atoms with E-state index < -0.39 is 40.0 Å². The van der Waals surface area contributed by atoms with E-state index in [1.54, 1.807) is 27.8 Å². The Bertz CT molecular complexity index is 1160. The third-order valence-corrected chi connectivity index (χ3v) is 8.88. The van der Waals surface area contributed by atoms with Crippen LogP contribution < -0.4 is 26.4 Å². The summed E-state index contributed by atoms with van der Waals surface area (Å²) in [5.74, 6) is -2.49. The Labute approximate surface area is 256 Å². The maximum atomic E-state index is 12.6. The molecule has 0 spiro atoms. The normalized spacial score (nSPS) is 16.6. The second-order valence-electron chi connectivity index (χ2n) is 11.2. The number of aliphatic carboxylic acids is 1. The van der Waals surface area contributed by atoms with Gasteiger partial charge < -0.3 is 26.8 Å². The van der Waals surface area contributed by atoms with Crippen molar-refractivity contribution in [1.82, 2.24) is 20.7 Å². The smallest absolute Gasteiger partial charge is 0.326 e. The summed E-state index contributed by atoms with van der Waals surface area (Å²) < 4.78 is 26.0. The molecule has 4 unspecified atom stereocenters. The lowest BCUT2D eigenvalue weighted by Gasteiger charge is -2.25. The van der Waals surface area contributed by atoms with Gasteiger partial charge in [0.1, 0.15) is 12.1 Å². The number of unbranched alkanes of at least 4 members (excludes halogenated alkanes) is 2. The number of aryl methyl sites for hydroxylation is 1. The number of carboxylic acid groups (broad SMARTS) is 1. The highest BCUT2D eigenvalue weighted by Gasteiger charge is 2.29. The van der Waals surface area contributed by atoms with Crippen LogP contribution in [0.5, 0.6) is 0 Å². The summed E-state index contributed by atoms with van der Waals surface area (Å²) in [6.07, 6.45) is 5.47. The van der Waals surface area contributed by atoms with Gasteiger partial charge in [-0.25, -0.2) is 17.9 Å². The second-order valence-corrected chi connectivity index (χ2v) is 13.2. The van der Waals surface area contributed by atoms with Crippen molar-refractivity contribution in [3.63, 3.8) is 0 Å². The Balaban J connectivity index is 0.000000580. The minimum Gasteiger partial charge on any atom is -0.480 e. The van der Waals surface area contributed by atoms with Crippen molar-refractivity contribution < 1.29 is 32.7 Å². The van der Waals surface area contributed by atoms with Gasteiger partial charge in [-0.1, -0.05) is 51.5 Å². The predicted molar refractivity (Wildman–Crippen MR) is 167 cm³/mol. The number of benzene rings is 1. The van der Waals surface area contributed by atoms with Gasteiger partial charge in [-0.3, -0.25) is 14.4 Å². The van der Waals surface area contributed by atoms with E-state index in [-0.39, 0.29) is 42.4 Å². The van der Waals surface area contributed by atoms with E-state index in [0.717, 1.165) is 31.2 Å². The standard InChI is InChI=1S/C19H38N4O6S.C11H13NO/c1-6-7-12-30(28,29)21-11-9-8-10-15(19(26)27)22-18(25)16(13(2)3)23-17(24)14(4)20-5;12-11(13)10-7-3-5-8-4-1-2-6-9(8)10/h13-16,20-21H,6-12H2,1-5H3,(H,22,25)(H,23,24)(H,26,27);1-2,4,6,10H,3,5,7H2,(H2,12,13). The van der Waals surface area contributed by atoms with E-state index >= 15 is 0 Å². The molecule has 13 heteroatoms. The summed E-state index contributed by atoms with van der Waals surface area (Å²) in [6.45, 7) is 7.30. The first-order chi connectivity index (χ1) is 20.2. The summed E-state index contributed by atoms with van der Waals surface area (Å²) in [5.41, 5.74) is 7.77. The molecule has 43 heavy (non-hydrogen) atoms. The summed E-state index contributed by atoms with van der Waals surface area (Å²) in [6, 6.07) is 5.63. The molecule has 0 radical (unpaired) electrons. The van der Waals surface area contributed by atoms with Crippen molar-refractivity contribution in [3.8, 4) is 0 Å². The van der Waals surface area contributed by atoms with E-state index in [1.165, 1.54) is 5.56 Å². The molecule has 0 bridgehead atoms. The maximum absolute atomic E-state index is 12.6. The SMILES string of the molecule is CCCCS(=O)(=O)NCCCCC(NC(=O)C(NC(=O)C(C)NC)C(C)C)C(=O)O.NC(=O)C1CCCc2ccccc21. The van der Waals surface area contributed by atoms with Gasteiger partial charge in [0.25, 0.3) is 0 Å². The topological polar surface area (TPSA) is 197 Å². The number of amides is 3. The summed E-state index contributed by atoms with van der Waals surface area (Å²) >= 11 is 0. The Morgan fingerprint density at radius 2 is 1.70 bits per heavy atom. The van der Waals surface area contributed by atoms with Gasteiger partial charge in [-0.2, -0.15) is 0 Å². The molecule has 1 aliphatic rings. The van der Waals surface area contributed by atoms with Crippen LogP contribution in [0.3, 0.4) is 0 Å². The molecule has 0 saturated heterocycles. The molecule has 1 aromatic carbocycles. The molecule has 0 fully saturated rings. The average molecular weight is 626 g/mol. The van der Waals surface area contributed by atoms with Crippen molar-refractivity contribution in [3.05, 3.63) is 35.4 Å². The quantitative estimate of drug-likeness (QED) is 0.141. The molecule has 4 atom stereocenters. The molecule has 12 nitrogen and oxygen atoms in total. The van der Waals surface area contributed by atoms with Gasteiger partial charge in [0.2, 0.25) is 27.7 Å². The molecule has 7 N–H and O–H groups in total. The molecule has 3 amide bonds. The van der Waals surface area contributed by atoms with Crippen LogP contribution in [0.1, 0.15) is 89.7 Å². The molecule has 1 aromatic rings. The number of hydrogen-bond acceptors (Lipinski definition) is 7. The molecule has 2 rings (SSSR count). The van der Waals surface area contributed by atoms with E-state index in [4.69, 9.17) is 5.73 Å². The summed E-state index contributed by atoms with van der Waals surface area (Å²) in [5, 5.41) is 17.3. The summed E-state index contributed by atoms with van der Waals surface area (Å²) in [4.78, 5) is 47.3. The van der Waals surface area contributed by atoms with Gasteiger partial charge >= 0.3 is 5.97 Å². The molecule has 244 valence electrons. The van der Waals surface area contributed by atoms with Crippen LogP contribution in [-0.2, 0) is 35.6 Å². The number of sulfonamides is 1. The highest BCUT2D eigenvalue weighted by atomic mass is 32.2. The van der Waals surface area contributed by atoms with Crippen molar-refractivity contribution >= 4 is 33.7 Å². The number of nitrogens with two attached hydrogens (primary N) is 1. The fourth-order valence-corrected chi connectivity index (χ4v) is 5.89. The van der Waals surface area contributed by atoms with Gasteiger partial charge in [-0.15, -0.1) is 0 Å². The molecule has 0 aromatic heterocycles. The predicted octanol–water partition coefficient (Wildman–Crippen LogP) is 1.79. The van der Waals surface area contributed by atoms with Crippen LogP contribution in [0, 0.1) is 5.92 Å². The first-order valence-electron chi connectivity index (χ1n) is 15.1. The number of likely N-dealkylation sites (N-methyl/N-ethyl adjacent to an activating group) is 1. The molecular weight excluding hydrogens is 574 g/mol. The summed E-state index contributed by atoms with van der Waals surface area (Å²) in [7, 11) is -1.68. The Morgan fingerprint density at radius 1 is 1.02 bits per heavy atom. The number of hydrogen-bond donors (Lipinski definition) is 6. The van der Waals surface area contributed by atoms with Crippen LogP contribution in [0.4, 0.5) is 0 Å². The van der Waals surface area contributed by atoms with Crippen molar-refractivity contribution in [1.29, 1.82) is 0 Å². The fraction of sp³-hybridized carbons (Fsp3) is 0.667. The lowest BCUT2D eigenvalue weighted by Crippen LogP contribution is -2.56. The zero-order chi connectivity index (χ0) is 32.6. The minimum absolute atomic E-state index is 0.0510. The van der Waals surface area contributed by atoms with Crippen molar-refractivity contribution in [2.45, 2.75) is 103 Å². The number of fused-ring (bicyclic) bond motifs is 1. The molecule has 0 saturated carbocycles. The Hall–Kier alpha value is -3.03. The first kappa shape index (κ1) is 38.0. The van der Waals surface area contributed by atoms with Crippen LogP contribution in [0.2, 0.25) is 0 Å². The lowest BCUT2D eigenvalue weighted by atomic mass is 9.82. The van der Waals surface area contributed by atoms with Crippen LogP contribution >= 0.6 is 0 Å². The van der Waals surface area contributed by atoms with Crippen LogP contribution in [0.25, 0.3) is 0 Å². The van der Waals surface area contributed by atoms with Crippen LogP contribution in [0.15, 0.2) is 24.3 Å². The zero-order valence-electron chi connectivity index (χ0n) is 26.1. The average Bonchev–Trinajstić information content (AvgIpc) is 2.96.